The van der Waals surface area contributed by atoms with E-state index >= 15 is 0 Å². The molecule has 6 nitrogen and oxygen atoms in total. The Morgan fingerprint density at radius 2 is 1.75 bits per heavy atom. The van der Waals surface area contributed by atoms with E-state index in [9.17, 15) is 0 Å². The summed E-state index contributed by atoms with van der Waals surface area (Å²) in [5.41, 5.74) is 9.69. The highest BCUT2D eigenvalue weighted by atomic mass is 16.5. The molecule has 0 bridgehead atoms. The third-order valence-electron chi connectivity index (χ3n) is 6.13. The van der Waals surface area contributed by atoms with Crippen molar-refractivity contribution < 1.29 is 14.2 Å². The van der Waals surface area contributed by atoms with E-state index in [0.717, 1.165) is 28.0 Å². The van der Waals surface area contributed by atoms with Crippen LogP contribution < -0.4 is 10.5 Å². The predicted octanol–water partition coefficient (Wildman–Crippen LogP) is 3.83. The molecule has 0 radical (unpaired) electrons. The first-order chi connectivity index (χ1) is 15.5. The number of rotatable bonds is 1. The minimum absolute atomic E-state index is 0.123. The van der Waals surface area contributed by atoms with Crippen molar-refractivity contribution in [2.45, 2.75) is 12.5 Å². The summed E-state index contributed by atoms with van der Waals surface area (Å²) in [6.07, 6.45) is 1.71. The van der Waals surface area contributed by atoms with E-state index in [1.54, 1.807) is 6.20 Å². The highest BCUT2D eigenvalue weighted by Gasteiger charge is 2.47. The number of hydrogen-bond acceptors (Lipinski definition) is 6. The monoisotopic (exact) mass is 423 g/mol. The van der Waals surface area contributed by atoms with Crippen molar-refractivity contribution in [1.29, 1.82) is 0 Å². The van der Waals surface area contributed by atoms with Gasteiger partial charge >= 0.3 is 0 Å². The highest BCUT2D eigenvalue weighted by Crippen LogP contribution is 2.51. The Bertz CT molecular complexity index is 1320. The Labute approximate surface area is 186 Å². The zero-order valence-electron chi connectivity index (χ0n) is 17.6. The zero-order chi connectivity index (χ0) is 21.8. The average Bonchev–Trinajstić information content (AvgIpc) is 3.19. The van der Waals surface area contributed by atoms with Gasteiger partial charge in [-0.2, -0.15) is 0 Å². The molecule has 2 N–H and O–H groups in total. The fourth-order valence-electron chi connectivity index (χ4n) is 4.33. The van der Waals surface area contributed by atoms with Gasteiger partial charge in [-0.3, -0.25) is 0 Å². The molecule has 158 valence electrons. The van der Waals surface area contributed by atoms with Crippen LogP contribution in [0.2, 0.25) is 0 Å². The Morgan fingerprint density at radius 3 is 2.47 bits per heavy atom. The summed E-state index contributed by atoms with van der Waals surface area (Å²) in [4.78, 5) is 9.28. The number of nitrogens with two attached hydrogens (primary N) is 1. The molecule has 0 unspecified atom stereocenters. The molecule has 0 aliphatic carbocycles. The zero-order valence-corrected chi connectivity index (χ0v) is 17.6. The third-order valence-corrected chi connectivity index (χ3v) is 6.13. The van der Waals surface area contributed by atoms with Crippen LogP contribution in [0.15, 0.2) is 65.8 Å². The molecule has 3 aromatic rings. The maximum atomic E-state index is 6.23. The van der Waals surface area contributed by atoms with Gasteiger partial charge in [-0.1, -0.05) is 42.3 Å². The van der Waals surface area contributed by atoms with Crippen molar-refractivity contribution in [3.63, 3.8) is 0 Å². The van der Waals surface area contributed by atoms with Gasteiger partial charge in [-0.15, -0.1) is 0 Å². The molecule has 2 aromatic carbocycles. The number of fused-ring (bicyclic) bond motifs is 4. The molecule has 4 heterocycles. The number of pyridine rings is 1. The van der Waals surface area contributed by atoms with Crippen molar-refractivity contribution in [3.05, 3.63) is 77.6 Å². The summed E-state index contributed by atoms with van der Waals surface area (Å²) in [7, 11) is 0. The molecule has 1 aromatic heterocycles. The predicted molar refractivity (Wildman–Crippen MR) is 120 cm³/mol. The summed E-state index contributed by atoms with van der Waals surface area (Å²) in [5, 5.41) is 0. The van der Waals surface area contributed by atoms with Crippen LogP contribution in [0, 0.1) is 17.3 Å². The van der Waals surface area contributed by atoms with Crippen LogP contribution in [0.5, 0.6) is 11.5 Å². The van der Waals surface area contributed by atoms with Crippen LogP contribution in [0.4, 0.5) is 0 Å². The quantitative estimate of drug-likeness (QED) is 0.602. The van der Waals surface area contributed by atoms with Crippen LogP contribution in [0.25, 0.3) is 11.1 Å². The van der Waals surface area contributed by atoms with Gasteiger partial charge in [0.15, 0.2) is 11.3 Å². The van der Waals surface area contributed by atoms with Crippen LogP contribution in [-0.2, 0) is 15.0 Å². The molecule has 1 atom stereocenters. The number of nitrogens with zero attached hydrogens (tertiary/aromatic N) is 2. The second-order valence-electron chi connectivity index (χ2n) is 8.65. The number of ether oxygens (including phenoxy) is 3. The minimum Gasteiger partial charge on any atom is -0.462 e. The lowest BCUT2D eigenvalue weighted by Crippen LogP contribution is -2.38. The molecule has 0 amide bonds. The maximum Gasteiger partial charge on any atom is 0.283 e. The fourth-order valence-corrected chi connectivity index (χ4v) is 4.33. The van der Waals surface area contributed by atoms with Crippen LogP contribution in [0.3, 0.4) is 0 Å². The lowest BCUT2D eigenvalue weighted by Gasteiger charge is -2.33. The molecular weight excluding hydrogens is 402 g/mol. The second-order valence-corrected chi connectivity index (χ2v) is 8.65. The van der Waals surface area contributed by atoms with E-state index in [4.69, 9.17) is 24.9 Å². The van der Waals surface area contributed by atoms with E-state index < -0.39 is 5.54 Å². The minimum atomic E-state index is -0.805. The summed E-state index contributed by atoms with van der Waals surface area (Å²) in [6.45, 7) is 3.66. The van der Waals surface area contributed by atoms with Gasteiger partial charge in [0.25, 0.3) is 6.02 Å². The Morgan fingerprint density at radius 1 is 0.938 bits per heavy atom. The van der Waals surface area contributed by atoms with Crippen LogP contribution >= 0.6 is 0 Å². The average molecular weight is 423 g/mol. The Kier molecular flexibility index (Phi) is 4.04. The maximum absolute atomic E-state index is 6.23. The molecule has 1 fully saturated rings. The molecule has 3 aliphatic heterocycles. The molecule has 32 heavy (non-hydrogen) atoms. The standard InChI is InChI=1S/C26H21N3O3/c1-25(14-30-15-25)10-9-19-12-21-23(13-28-19)32-22-8-7-18(17-5-3-2-4-6-17)11-20(22)26(21)16-31-24(27)29-26/h2-8,11-13H,14-16H2,1H3,(H2,27,29)/t26-/m0/s1. The van der Waals surface area contributed by atoms with Crippen molar-refractivity contribution in [2.24, 2.45) is 16.1 Å². The summed E-state index contributed by atoms with van der Waals surface area (Å²) in [6, 6.07) is 18.4. The summed E-state index contributed by atoms with van der Waals surface area (Å²) in [5.74, 6) is 7.84. The molecule has 1 saturated heterocycles. The first-order valence-corrected chi connectivity index (χ1v) is 10.5. The number of hydrogen-bond donors (Lipinski definition) is 1. The number of aromatic nitrogens is 1. The highest BCUT2D eigenvalue weighted by molar-refractivity contribution is 5.78. The van der Waals surface area contributed by atoms with Gasteiger partial charge in [-0.25, -0.2) is 9.98 Å². The largest absolute Gasteiger partial charge is 0.462 e. The van der Waals surface area contributed by atoms with Gasteiger partial charge in [0.05, 0.1) is 24.8 Å². The van der Waals surface area contributed by atoms with Gasteiger partial charge in [0, 0.05) is 11.1 Å². The van der Waals surface area contributed by atoms with E-state index in [0.29, 0.717) is 31.3 Å². The smallest absolute Gasteiger partial charge is 0.283 e. The molecule has 6 rings (SSSR count). The normalized spacial score (nSPS) is 21.7. The third kappa shape index (κ3) is 2.94. The van der Waals surface area contributed by atoms with Gasteiger partial charge in [0.1, 0.15) is 18.1 Å². The van der Waals surface area contributed by atoms with Crippen LogP contribution in [-0.4, -0.2) is 30.8 Å². The second kappa shape index (κ2) is 6.84. The van der Waals surface area contributed by atoms with Crippen molar-refractivity contribution in [2.75, 3.05) is 19.8 Å². The van der Waals surface area contributed by atoms with E-state index in [1.807, 2.05) is 36.4 Å². The van der Waals surface area contributed by atoms with E-state index in [-0.39, 0.29) is 11.4 Å². The number of amidine groups is 1. The first kappa shape index (κ1) is 18.9. The molecule has 1 spiro atoms. The van der Waals surface area contributed by atoms with E-state index in [1.165, 1.54) is 0 Å². The molecule has 0 saturated carbocycles. The fraction of sp³-hybridized carbons (Fsp3) is 0.231. The Balaban J connectivity index is 1.49. The lowest BCUT2D eigenvalue weighted by atomic mass is 9.80. The van der Waals surface area contributed by atoms with Gasteiger partial charge < -0.3 is 19.9 Å². The summed E-state index contributed by atoms with van der Waals surface area (Å²) >= 11 is 0. The number of aliphatic imine (C=N–C) groups is 1. The van der Waals surface area contributed by atoms with Crippen molar-refractivity contribution in [3.8, 4) is 34.5 Å². The van der Waals surface area contributed by atoms with E-state index in [2.05, 4.69) is 41.9 Å². The molecule has 6 heteroatoms. The number of benzene rings is 2. The van der Waals surface area contributed by atoms with Gasteiger partial charge in [-0.05, 0) is 42.2 Å². The van der Waals surface area contributed by atoms with Crippen LogP contribution in [0.1, 0.15) is 23.7 Å². The summed E-state index contributed by atoms with van der Waals surface area (Å²) < 4.78 is 17.2. The first-order valence-electron chi connectivity index (χ1n) is 10.5. The van der Waals surface area contributed by atoms with Crippen molar-refractivity contribution in [1.82, 2.24) is 4.98 Å². The SMILES string of the molecule is CC1(C#Cc2cc3c(cn2)Oc2ccc(-c4ccccc4)cc2[C@@]32COC(N)=N2)COC1. The topological polar surface area (TPSA) is 79.0 Å². The Hall–Kier alpha value is -3.82. The molecule has 3 aliphatic rings. The lowest BCUT2D eigenvalue weighted by molar-refractivity contribution is -0.0648. The van der Waals surface area contributed by atoms with Crippen molar-refractivity contribution >= 4 is 6.02 Å². The van der Waals surface area contributed by atoms with Gasteiger partial charge in [0.2, 0.25) is 0 Å². The molecular formula is C26H21N3O3.